The van der Waals surface area contributed by atoms with Crippen LogP contribution >= 0.6 is 0 Å². The molecule has 1 aromatic carbocycles. The third-order valence-corrected chi connectivity index (χ3v) is 3.33. The highest BCUT2D eigenvalue weighted by Crippen LogP contribution is 2.28. The van der Waals surface area contributed by atoms with E-state index in [4.69, 9.17) is 5.73 Å². The molecule has 0 unspecified atom stereocenters. The van der Waals surface area contributed by atoms with E-state index in [-0.39, 0.29) is 16.8 Å². The van der Waals surface area contributed by atoms with Crippen molar-refractivity contribution >= 4 is 11.4 Å². The van der Waals surface area contributed by atoms with E-state index in [1.165, 1.54) is 18.9 Å². The van der Waals surface area contributed by atoms with Crippen molar-refractivity contribution in [3.8, 4) is 0 Å². The zero-order valence-corrected chi connectivity index (χ0v) is 12.0. The van der Waals surface area contributed by atoms with Crippen LogP contribution in [0.4, 0.5) is 20.2 Å². The first-order valence-electron chi connectivity index (χ1n) is 6.85. The number of nitrogen functional groups attached to an aromatic ring is 1. The Hall–Kier alpha value is -1.32. The summed E-state index contributed by atoms with van der Waals surface area (Å²) in [4.78, 5) is 0. The van der Waals surface area contributed by atoms with Gasteiger partial charge in [0.2, 0.25) is 0 Å². The highest BCUT2D eigenvalue weighted by atomic mass is 19.2. The smallest absolute Gasteiger partial charge is 0.183 e. The van der Waals surface area contributed by atoms with Crippen LogP contribution in [0.5, 0.6) is 0 Å². The van der Waals surface area contributed by atoms with Gasteiger partial charge in [-0.05, 0) is 24.0 Å². The SMILES string of the molecule is CCCCCC(C)(C)CNc1c(N)ccc(F)c1F. The molecule has 0 aliphatic heterocycles. The number of halogens is 2. The highest BCUT2D eigenvalue weighted by Gasteiger charge is 2.19. The van der Waals surface area contributed by atoms with Gasteiger partial charge in [-0.3, -0.25) is 0 Å². The van der Waals surface area contributed by atoms with Gasteiger partial charge in [0.25, 0.3) is 0 Å². The number of nitrogens with two attached hydrogens (primary N) is 1. The molecule has 0 radical (unpaired) electrons. The molecule has 1 aromatic rings. The molecule has 2 nitrogen and oxygen atoms in total. The fourth-order valence-electron chi connectivity index (χ4n) is 2.01. The lowest BCUT2D eigenvalue weighted by atomic mass is 9.87. The maximum Gasteiger partial charge on any atom is 0.183 e. The van der Waals surface area contributed by atoms with Gasteiger partial charge in [-0.2, -0.15) is 0 Å². The molecule has 0 fully saturated rings. The van der Waals surface area contributed by atoms with E-state index < -0.39 is 11.6 Å². The summed E-state index contributed by atoms with van der Waals surface area (Å²) < 4.78 is 26.8. The monoisotopic (exact) mass is 270 g/mol. The maximum atomic E-state index is 13.6. The van der Waals surface area contributed by atoms with Crippen molar-refractivity contribution in [2.45, 2.75) is 46.5 Å². The molecular formula is C15H24F2N2. The van der Waals surface area contributed by atoms with Crippen molar-refractivity contribution in [2.75, 3.05) is 17.6 Å². The fraction of sp³-hybridized carbons (Fsp3) is 0.600. The molecule has 0 amide bonds. The van der Waals surface area contributed by atoms with Crippen LogP contribution in [0.15, 0.2) is 12.1 Å². The summed E-state index contributed by atoms with van der Waals surface area (Å²) in [5.41, 5.74) is 6.01. The van der Waals surface area contributed by atoms with E-state index in [2.05, 4.69) is 26.1 Å². The Labute approximate surface area is 114 Å². The fourth-order valence-corrected chi connectivity index (χ4v) is 2.01. The first kappa shape index (κ1) is 15.7. The zero-order chi connectivity index (χ0) is 14.5. The topological polar surface area (TPSA) is 38.0 Å². The molecule has 0 spiro atoms. The quantitative estimate of drug-likeness (QED) is 0.563. The predicted molar refractivity (Wildman–Crippen MR) is 77.2 cm³/mol. The molecule has 0 saturated carbocycles. The van der Waals surface area contributed by atoms with Gasteiger partial charge in [-0.15, -0.1) is 0 Å². The van der Waals surface area contributed by atoms with Crippen molar-refractivity contribution in [1.82, 2.24) is 0 Å². The Morgan fingerprint density at radius 1 is 1.21 bits per heavy atom. The number of hydrogen-bond donors (Lipinski definition) is 2. The van der Waals surface area contributed by atoms with Gasteiger partial charge in [-0.25, -0.2) is 8.78 Å². The molecule has 108 valence electrons. The van der Waals surface area contributed by atoms with Crippen LogP contribution in [-0.2, 0) is 0 Å². The number of benzene rings is 1. The molecule has 0 aliphatic carbocycles. The highest BCUT2D eigenvalue weighted by molar-refractivity contribution is 5.66. The summed E-state index contributed by atoms with van der Waals surface area (Å²) in [5.74, 6) is -1.77. The van der Waals surface area contributed by atoms with Crippen LogP contribution in [0, 0.1) is 17.0 Å². The molecule has 0 bridgehead atoms. The Morgan fingerprint density at radius 2 is 1.89 bits per heavy atom. The minimum atomic E-state index is -0.899. The number of rotatable bonds is 7. The lowest BCUT2D eigenvalue weighted by Gasteiger charge is -2.26. The summed E-state index contributed by atoms with van der Waals surface area (Å²) >= 11 is 0. The van der Waals surface area contributed by atoms with Gasteiger partial charge >= 0.3 is 0 Å². The average Bonchev–Trinajstić information content (AvgIpc) is 2.34. The van der Waals surface area contributed by atoms with Crippen molar-refractivity contribution in [3.63, 3.8) is 0 Å². The van der Waals surface area contributed by atoms with Crippen LogP contribution in [0.2, 0.25) is 0 Å². The number of unbranched alkanes of at least 4 members (excludes halogenated alkanes) is 2. The average molecular weight is 270 g/mol. The van der Waals surface area contributed by atoms with E-state index >= 15 is 0 Å². The van der Waals surface area contributed by atoms with E-state index in [0.29, 0.717) is 6.54 Å². The van der Waals surface area contributed by atoms with E-state index in [9.17, 15) is 8.78 Å². The van der Waals surface area contributed by atoms with Crippen LogP contribution in [-0.4, -0.2) is 6.54 Å². The van der Waals surface area contributed by atoms with Crippen molar-refractivity contribution in [2.24, 2.45) is 5.41 Å². The Morgan fingerprint density at radius 3 is 2.53 bits per heavy atom. The molecular weight excluding hydrogens is 246 g/mol. The van der Waals surface area contributed by atoms with Gasteiger partial charge in [0.1, 0.15) is 0 Å². The Bertz CT molecular complexity index is 417. The molecule has 0 atom stereocenters. The van der Waals surface area contributed by atoms with Crippen molar-refractivity contribution in [3.05, 3.63) is 23.8 Å². The standard InChI is InChI=1S/C15H24F2N2/c1-4-5-6-9-15(2,3)10-19-14-12(18)8-7-11(16)13(14)17/h7-8,19H,4-6,9-10,18H2,1-3H3. The summed E-state index contributed by atoms with van der Waals surface area (Å²) in [6.07, 6.45) is 4.56. The lowest BCUT2D eigenvalue weighted by molar-refractivity contribution is 0.342. The molecule has 1 rings (SSSR count). The molecule has 0 aromatic heterocycles. The third kappa shape index (κ3) is 4.69. The molecule has 3 N–H and O–H groups in total. The second-order valence-electron chi connectivity index (χ2n) is 5.80. The molecule has 4 heteroatoms. The van der Waals surface area contributed by atoms with E-state index in [0.717, 1.165) is 18.9 Å². The zero-order valence-electron chi connectivity index (χ0n) is 12.0. The summed E-state index contributed by atoms with van der Waals surface area (Å²) in [6, 6.07) is 2.42. The van der Waals surface area contributed by atoms with Gasteiger partial charge in [0.15, 0.2) is 11.6 Å². The van der Waals surface area contributed by atoms with Gasteiger partial charge in [0.05, 0.1) is 11.4 Å². The molecule has 0 saturated heterocycles. The van der Waals surface area contributed by atoms with Crippen LogP contribution in [0.1, 0.15) is 46.5 Å². The third-order valence-electron chi connectivity index (χ3n) is 3.33. The van der Waals surface area contributed by atoms with Crippen molar-refractivity contribution < 1.29 is 8.78 Å². The Balaban J connectivity index is 2.63. The van der Waals surface area contributed by atoms with Gasteiger partial charge in [0, 0.05) is 6.54 Å². The first-order valence-corrected chi connectivity index (χ1v) is 6.85. The maximum absolute atomic E-state index is 13.6. The lowest BCUT2D eigenvalue weighted by Crippen LogP contribution is -2.24. The number of hydrogen-bond acceptors (Lipinski definition) is 2. The van der Waals surface area contributed by atoms with Crippen LogP contribution in [0.3, 0.4) is 0 Å². The second-order valence-corrected chi connectivity index (χ2v) is 5.80. The molecule has 0 aliphatic rings. The van der Waals surface area contributed by atoms with Gasteiger partial charge in [-0.1, -0.05) is 40.0 Å². The summed E-state index contributed by atoms with van der Waals surface area (Å²) in [6.45, 7) is 6.96. The van der Waals surface area contributed by atoms with Crippen molar-refractivity contribution in [1.29, 1.82) is 0 Å². The second kappa shape index (κ2) is 6.73. The van der Waals surface area contributed by atoms with Crippen LogP contribution in [0.25, 0.3) is 0 Å². The number of nitrogens with one attached hydrogen (secondary N) is 1. The molecule has 0 heterocycles. The largest absolute Gasteiger partial charge is 0.397 e. The Kier molecular flexibility index (Phi) is 5.58. The summed E-state index contributed by atoms with van der Waals surface area (Å²) in [5, 5.41) is 2.95. The first-order chi connectivity index (χ1) is 8.87. The van der Waals surface area contributed by atoms with Crippen LogP contribution < -0.4 is 11.1 Å². The normalized spacial score (nSPS) is 11.6. The van der Waals surface area contributed by atoms with Gasteiger partial charge < -0.3 is 11.1 Å². The van der Waals surface area contributed by atoms with E-state index in [1.807, 2.05) is 0 Å². The molecule has 19 heavy (non-hydrogen) atoms. The number of anilines is 2. The predicted octanol–water partition coefficient (Wildman–Crippen LogP) is 4.57. The minimum absolute atomic E-state index is 0.0281. The van der Waals surface area contributed by atoms with E-state index in [1.54, 1.807) is 0 Å². The minimum Gasteiger partial charge on any atom is -0.397 e. The summed E-state index contributed by atoms with van der Waals surface area (Å²) in [7, 11) is 0.